The smallest absolute Gasteiger partial charge is 0.142 e. The zero-order valence-electron chi connectivity index (χ0n) is 18.4. The molecule has 0 saturated heterocycles. The first kappa shape index (κ1) is 21.8. The Bertz CT molecular complexity index is 914. The predicted octanol–water partition coefficient (Wildman–Crippen LogP) is 5.88. The number of aldehydes is 1. The molecule has 4 heteroatoms. The van der Waals surface area contributed by atoms with Gasteiger partial charge in [-0.3, -0.25) is 4.79 Å². The molecule has 0 unspecified atom stereocenters. The molecule has 1 N–H and O–H groups in total. The zero-order chi connectivity index (χ0) is 21.3. The lowest BCUT2D eigenvalue weighted by atomic mass is 9.95. The maximum absolute atomic E-state index is 10.7. The zero-order valence-corrected chi connectivity index (χ0v) is 18.4. The molecule has 0 fully saturated rings. The average molecular weight is 404 g/mol. The molecule has 0 radical (unpaired) electrons. The maximum atomic E-state index is 10.7. The van der Waals surface area contributed by atoms with E-state index in [9.17, 15) is 4.79 Å². The molecule has 1 aromatic rings. The first-order valence-electron chi connectivity index (χ1n) is 11.0. The molecule has 4 nitrogen and oxygen atoms in total. The molecule has 1 aromatic carbocycles. The summed E-state index contributed by atoms with van der Waals surface area (Å²) in [7, 11) is 0. The van der Waals surface area contributed by atoms with E-state index in [0.717, 1.165) is 56.8 Å². The molecular weight excluding hydrogens is 370 g/mol. The molecule has 158 valence electrons. The summed E-state index contributed by atoms with van der Waals surface area (Å²) in [5.41, 5.74) is 12.4. The van der Waals surface area contributed by atoms with Crippen LogP contribution in [0.4, 0.5) is 0 Å². The molecule has 0 amide bonds. The lowest BCUT2D eigenvalue weighted by Gasteiger charge is -2.25. The maximum Gasteiger partial charge on any atom is 0.142 e. The summed E-state index contributed by atoms with van der Waals surface area (Å²) in [5.74, 6) is 0. The summed E-state index contributed by atoms with van der Waals surface area (Å²) in [6.07, 6.45) is 18.1. The molecule has 0 atom stereocenters. The molecule has 0 aliphatic carbocycles. The van der Waals surface area contributed by atoms with Gasteiger partial charge in [0.25, 0.3) is 0 Å². The summed E-state index contributed by atoms with van der Waals surface area (Å²) in [5, 5.41) is 6.26. The Balaban J connectivity index is 1.65. The van der Waals surface area contributed by atoms with E-state index in [0.29, 0.717) is 0 Å². The Morgan fingerprint density at radius 1 is 1.20 bits per heavy atom. The number of hydrogen-bond acceptors (Lipinski definition) is 4. The second kappa shape index (κ2) is 10.8. The number of carbonyl (C=O) groups excluding carboxylic acids is 1. The van der Waals surface area contributed by atoms with Crippen molar-refractivity contribution in [3.05, 3.63) is 75.7 Å². The number of aryl methyl sites for hydroxylation is 2. The number of allylic oxidation sites excluding steroid dienone is 5. The SMILES string of the molecule is CCCc1cc(CCCC2=CN3NN=CC=C3C(=C(C)C)CC2)ccc1/C=C/C=O. The normalized spacial score (nSPS) is 16.0. The van der Waals surface area contributed by atoms with Crippen molar-refractivity contribution >= 4 is 18.6 Å². The number of benzene rings is 1. The van der Waals surface area contributed by atoms with Crippen molar-refractivity contribution in [2.45, 2.75) is 65.7 Å². The van der Waals surface area contributed by atoms with E-state index < -0.39 is 0 Å². The molecule has 0 bridgehead atoms. The number of hydrazine groups is 1. The van der Waals surface area contributed by atoms with Gasteiger partial charge in [0.1, 0.15) is 6.29 Å². The Hall–Kier alpha value is -2.88. The number of hydrogen-bond donors (Lipinski definition) is 1. The van der Waals surface area contributed by atoms with E-state index in [1.165, 1.54) is 33.5 Å². The summed E-state index contributed by atoms with van der Waals surface area (Å²) in [4.78, 5) is 10.7. The fraction of sp³-hybridized carbons (Fsp3) is 0.385. The lowest BCUT2D eigenvalue weighted by Crippen LogP contribution is -2.31. The number of fused-ring (bicyclic) bond motifs is 1. The molecule has 2 aliphatic rings. The lowest BCUT2D eigenvalue weighted by molar-refractivity contribution is -0.104. The summed E-state index contributed by atoms with van der Waals surface area (Å²) >= 11 is 0. The fourth-order valence-corrected chi connectivity index (χ4v) is 4.16. The van der Waals surface area contributed by atoms with Gasteiger partial charge in [-0.25, -0.2) is 10.5 Å². The highest BCUT2D eigenvalue weighted by atomic mass is 16.1. The minimum atomic E-state index is 0.841. The fourth-order valence-electron chi connectivity index (χ4n) is 4.16. The number of carbonyl (C=O) groups is 1. The van der Waals surface area contributed by atoms with Crippen LogP contribution in [0.25, 0.3) is 6.08 Å². The van der Waals surface area contributed by atoms with Crippen LogP contribution in [-0.4, -0.2) is 17.5 Å². The van der Waals surface area contributed by atoms with Crippen molar-refractivity contribution in [2.75, 3.05) is 0 Å². The summed E-state index contributed by atoms with van der Waals surface area (Å²) in [6, 6.07) is 6.67. The largest absolute Gasteiger partial charge is 0.299 e. The Labute approximate surface area is 180 Å². The van der Waals surface area contributed by atoms with Gasteiger partial charge in [-0.2, -0.15) is 5.10 Å². The topological polar surface area (TPSA) is 44.7 Å². The van der Waals surface area contributed by atoms with Crippen molar-refractivity contribution in [1.29, 1.82) is 0 Å². The first-order valence-corrected chi connectivity index (χ1v) is 11.0. The van der Waals surface area contributed by atoms with Gasteiger partial charge in [-0.15, -0.1) is 0 Å². The van der Waals surface area contributed by atoms with E-state index in [2.05, 4.69) is 66.9 Å². The average Bonchev–Trinajstić information content (AvgIpc) is 2.93. The van der Waals surface area contributed by atoms with Crippen molar-refractivity contribution < 1.29 is 4.79 Å². The quantitative estimate of drug-likeness (QED) is 0.435. The minimum absolute atomic E-state index is 0.841. The summed E-state index contributed by atoms with van der Waals surface area (Å²) < 4.78 is 0. The van der Waals surface area contributed by atoms with Crippen LogP contribution >= 0.6 is 0 Å². The van der Waals surface area contributed by atoms with Gasteiger partial charge in [0.15, 0.2) is 0 Å². The van der Waals surface area contributed by atoms with Gasteiger partial charge in [0.2, 0.25) is 0 Å². The van der Waals surface area contributed by atoms with Crippen LogP contribution in [0.3, 0.4) is 0 Å². The van der Waals surface area contributed by atoms with Gasteiger partial charge < -0.3 is 0 Å². The number of rotatable bonds is 8. The Kier molecular flexibility index (Phi) is 7.83. The third kappa shape index (κ3) is 5.59. The second-order valence-corrected chi connectivity index (χ2v) is 8.20. The Morgan fingerprint density at radius 3 is 2.83 bits per heavy atom. The number of nitrogens with one attached hydrogen (secondary N) is 1. The molecule has 0 spiro atoms. The molecule has 0 saturated carbocycles. The number of hydrazone groups is 1. The summed E-state index contributed by atoms with van der Waals surface area (Å²) in [6.45, 7) is 6.57. The van der Waals surface area contributed by atoms with E-state index in [4.69, 9.17) is 0 Å². The van der Waals surface area contributed by atoms with Crippen molar-refractivity contribution in [1.82, 2.24) is 10.5 Å². The second-order valence-electron chi connectivity index (χ2n) is 8.20. The van der Waals surface area contributed by atoms with Crippen LogP contribution in [0.5, 0.6) is 0 Å². The third-order valence-electron chi connectivity index (χ3n) is 5.70. The molecular formula is C26H33N3O. The highest BCUT2D eigenvalue weighted by molar-refractivity contribution is 5.75. The molecule has 3 rings (SSSR count). The van der Waals surface area contributed by atoms with Gasteiger partial charge in [0.05, 0.1) is 11.9 Å². The van der Waals surface area contributed by atoms with Gasteiger partial charge in [-0.1, -0.05) is 48.8 Å². The number of nitrogens with zero attached hydrogens (tertiary/aromatic N) is 2. The van der Waals surface area contributed by atoms with Crippen LogP contribution < -0.4 is 5.53 Å². The van der Waals surface area contributed by atoms with Crippen LogP contribution in [0.15, 0.2) is 64.1 Å². The highest BCUT2D eigenvalue weighted by Crippen LogP contribution is 2.31. The van der Waals surface area contributed by atoms with Crippen molar-refractivity contribution in [3.8, 4) is 0 Å². The van der Waals surface area contributed by atoms with Gasteiger partial charge >= 0.3 is 0 Å². The van der Waals surface area contributed by atoms with Crippen LogP contribution in [0.2, 0.25) is 0 Å². The van der Waals surface area contributed by atoms with E-state index in [-0.39, 0.29) is 0 Å². The predicted molar refractivity (Wildman–Crippen MR) is 126 cm³/mol. The van der Waals surface area contributed by atoms with E-state index in [1.54, 1.807) is 6.08 Å². The standard InChI is InChI=1S/C26H33N3O/c1-4-7-24-18-21(11-13-23(24)10-6-17-30)8-5-9-22-12-14-25(20(2)3)26-15-16-27-28-29(26)19-22/h6,10-11,13,15-19,28H,4-5,7-9,12,14H2,1-3H3/b10-6+. The first-order chi connectivity index (χ1) is 14.6. The third-order valence-corrected chi connectivity index (χ3v) is 5.70. The van der Waals surface area contributed by atoms with E-state index >= 15 is 0 Å². The van der Waals surface area contributed by atoms with Gasteiger partial charge in [0, 0.05) is 6.20 Å². The van der Waals surface area contributed by atoms with Crippen molar-refractivity contribution in [3.63, 3.8) is 0 Å². The van der Waals surface area contributed by atoms with Crippen LogP contribution in [0, 0.1) is 0 Å². The van der Waals surface area contributed by atoms with E-state index in [1.807, 2.05) is 12.3 Å². The molecule has 0 aromatic heterocycles. The monoisotopic (exact) mass is 403 g/mol. The Morgan fingerprint density at radius 2 is 2.07 bits per heavy atom. The van der Waals surface area contributed by atoms with Crippen LogP contribution in [0.1, 0.15) is 69.6 Å². The van der Waals surface area contributed by atoms with Crippen molar-refractivity contribution in [2.24, 2.45) is 5.10 Å². The van der Waals surface area contributed by atoms with Crippen LogP contribution in [-0.2, 0) is 17.6 Å². The molecule has 2 aliphatic heterocycles. The van der Waals surface area contributed by atoms with Gasteiger partial charge in [-0.05, 0) is 86.8 Å². The highest BCUT2D eigenvalue weighted by Gasteiger charge is 2.20. The molecule has 2 heterocycles. The molecule has 30 heavy (non-hydrogen) atoms. The minimum Gasteiger partial charge on any atom is -0.299 e.